The highest BCUT2D eigenvalue weighted by Gasteiger charge is 2.39. The van der Waals surface area contributed by atoms with Crippen LogP contribution in [0.15, 0.2) is 23.7 Å². The van der Waals surface area contributed by atoms with Gasteiger partial charge in [0.15, 0.2) is 0 Å². The van der Waals surface area contributed by atoms with Crippen LogP contribution in [-0.4, -0.2) is 24.1 Å². The molecule has 2 aromatic heterocycles. The van der Waals surface area contributed by atoms with Gasteiger partial charge in [0.25, 0.3) is 0 Å². The minimum atomic E-state index is 0.394. The molecule has 100 valence electrons. The average Bonchev–Trinajstić information content (AvgIpc) is 3.05. The number of nitrogens with zero attached hydrogens (tertiary/aromatic N) is 2. The fourth-order valence-electron chi connectivity index (χ4n) is 3.82. The van der Waals surface area contributed by atoms with Gasteiger partial charge in [0.2, 0.25) is 0 Å². The van der Waals surface area contributed by atoms with E-state index >= 15 is 0 Å². The molecule has 0 aromatic carbocycles. The molecule has 3 heterocycles. The largest absolute Gasteiger partial charge is 0.355 e. The average molecular weight is 273 g/mol. The first-order chi connectivity index (χ1) is 9.33. The highest BCUT2D eigenvalue weighted by Crippen LogP contribution is 2.39. The van der Waals surface area contributed by atoms with Crippen molar-refractivity contribution in [1.82, 2.24) is 4.98 Å². The van der Waals surface area contributed by atoms with E-state index in [-0.39, 0.29) is 0 Å². The van der Waals surface area contributed by atoms with Crippen molar-refractivity contribution in [3.63, 3.8) is 0 Å². The van der Waals surface area contributed by atoms with E-state index in [9.17, 15) is 0 Å². The molecule has 0 bridgehead atoms. The summed E-state index contributed by atoms with van der Waals surface area (Å²) in [4.78, 5) is 7.10. The summed E-state index contributed by atoms with van der Waals surface area (Å²) in [6.45, 7) is 2.23. The van der Waals surface area contributed by atoms with Crippen molar-refractivity contribution in [2.24, 2.45) is 17.6 Å². The number of thiophene rings is 1. The summed E-state index contributed by atoms with van der Waals surface area (Å²) in [6, 6.07) is 4.70. The van der Waals surface area contributed by atoms with Gasteiger partial charge >= 0.3 is 0 Å². The summed E-state index contributed by atoms with van der Waals surface area (Å²) < 4.78 is 1.34. The van der Waals surface area contributed by atoms with Crippen molar-refractivity contribution >= 4 is 27.2 Å². The Morgan fingerprint density at radius 3 is 3.11 bits per heavy atom. The molecule has 2 aromatic rings. The predicted molar refractivity (Wildman–Crippen MR) is 80.6 cm³/mol. The van der Waals surface area contributed by atoms with Crippen LogP contribution < -0.4 is 10.6 Å². The quantitative estimate of drug-likeness (QED) is 0.868. The van der Waals surface area contributed by atoms with Crippen molar-refractivity contribution in [2.75, 3.05) is 18.0 Å². The summed E-state index contributed by atoms with van der Waals surface area (Å²) in [7, 11) is 0. The molecule has 0 amide bonds. The fraction of sp³-hybridized carbons (Fsp3) is 0.533. The molecule has 2 N–H and O–H groups in total. The van der Waals surface area contributed by atoms with Gasteiger partial charge in [-0.15, -0.1) is 11.3 Å². The summed E-state index contributed by atoms with van der Waals surface area (Å²) >= 11 is 1.79. The normalized spacial score (nSPS) is 30.8. The molecule has 4 rings (SSSR count). The number of nitrogens with two attached hydrogens (primary N) is 1. The van der Waals surface area contributed by atoms with Crippen LogP contribution in [0.2, 0.25) is 0 Å². The van der Waals surface area contributed by atoms with Crippen molar-refractivity contribution in [1.29, 1.82) is 0 Å². The van der Waals surface area contributed by atoms with Crippen LogP contribution in [0.25, 0.3) is 10.1 Å². The Morgan fingerprint density at radius 1 is 1.26 bits per heavy atom. The van der Waals surface area contributed by atoms with E-state index < -0.39 is 0 Å². The molecule has 3 atom stereocenters. The van der Waals surface area contributed by atoms with Gasteiger partial charge in [-0.25, -0.2) is 4.98 Å². The first kappa shape index (κ1) is 11.7. The van der Waals surface area contributed by atoms with Crippen molar-refractivity contribution in [2.45, 2.75) is 25.3 Å². The van der Waals surface area contributed by atoms with Gasteiger partial charge in [0.05, 0.1) is 0 Å². The maximum Gasteiger partial charge on any atom is 0.137 e. The summed E-state index contributed by atoms with van der Waals surface area (Å²) in [5, 5.41) is 3.46. The standard InChI is InChI=1S/C15H19N3S/c16-13-3-1-2-10-8-18(9-12(10)13)15-11-5-7-19-14(11)4-6-17-15/h4-7,10,12-13H,1-3,8-9,16H2. The molecule has 3 nitrogen and oxygen atoms in total. The Labute approximate surface area is 117 Å². The third-order valence-corrected chi connectivity index (χ3v) is 5.69. The van der Waals surface area contributed by atoms with Crippen LogP contribution in [0.1, 0.15) is 19.3 Å². The van der Waals surface area contributed by atoms with Crippen molar-refractivity contribution < 1.29 is 0 Å². The molecule has 19 heavy (non-hydrogen) atoms. The molecule has 0 radical (unpaired) electrons. The molecule has 4 heteroatoms. The molecular formula is C15H19N3S. The number of fused-ring (bicyclic) bond motifs is 2. The second kappa shape index (κ2) is 4.46. The van der Waals surface area contributed by atoms with Crippen LogP contribution in [0, 0.1) is 11.8 Å². The van der Waals surface area contributed by atoms with Crippen LogP contribution in [-0.2, 0) is 0 Å². The lowest BCUT2D eigenvalue weighted by Crippen LogP contribution is -2.38. The van der Waals surface area contributed by atoms with E-state index in [1.165, 1.54) is 35.2 Å². The molecule has 3 unspecified atom stereocenters. The van der Waals surface area contributed by atoms with E-state index in [0.717, 1.165) is 19.0 Å². The zero-order valence-corrected chi connectivity index (χ0v) is 11.8. The first-order valence-electron chi connectivity index (χ1n) is 7.15. The van der Waals surface area contributed by atoms with Gasteiger partial charge in [-0.2, -0.15) is 0 Å². The minimum Gasteiger partial charge on any atom is -0.355 e. The number of hydrogen-bond acceptors (Lipinski definition) is 4. The Balaban J connectivity index is 1.68. The van der Waals surface area contributed by atoms with Crippen molar-refractivity contribution in [3.05, 3.63) is 23.7 Å². The molecule has 2 aliphatic rings. The maximum atomic E-state index is 6.31. The monoisotopic (exact) mass is 273 g/mol. The van der Waals surface area contributed by atoms with Gasteiger partial charge in [-0.3, -0.25) is 0 Å². The number of pyridine rings is 1. The highest BCUT2D eigenvalue weighted by atomic mass is 32.1. The van der Waals surface area contributed by atoms with Gasteiger partial charge in [-0.1, -0.05) is 6.42 Å². The minimum absolute atomic E-state index is 0.394. The Hall–Kier alpha value is -1.13. The van der Waals surface area contributed by atoms with Crippen LogP contribution in [0.4, 0.5) is 5.82 Å². The smallest absolute Gasteiger partial charge is 0.137 e. The highest BCUT2D eigenvalue weighted by molar-refractivity contribution is 7.17. The lowest BCUT2D eigenvalue weighted by Gasteiger charge is -2.29. The predicted octanol–water partition coefficient (Wildman–Crippen LogP) is 2.86. The second-order valence-electron chi connectivity index (χ2n) is 5.89. The lowest BCUT2D eigenvalue weighted by atomic mass is 9.78. The third-order valence-electron chi connectivity index (χ3n) is 4.81. The van der Waals surface area contributed by atoms with Gasteiger partial charge in [0.1, 0.15) is 5.82 Å². The van der Waals surface area contributed by atoms with E-state index in [1.807, 2.05) is 6.20 Å². The maximum absolute atomic E-state index is 6.31. The zero-order valence-electron chi connectivity index (χ0n) is 11.0. The molecule has 1 saturated heterocycles. The van der Waals surface area contributed by atoms with Gasteiger partial charge in [-0.05, 0) is 42.2 Å². The van der Waals surface area contributed by atoms with Crippen LogP contribution in [0.5, 0.6) is 0 Å². The molecule has 1 aliphatic heterocycles. The number of aromatic nitrogens is 1. The topological polar surface area (TPSA) is 42.1 Å². The summed E-state index contributed by atoms with van der Waals surface area (Å²) in [6.07, 6.45) is 5.78. The number of hydrogen-bond donors (Lipinski definition) is 1. The number of anilines is 1. The second-order valence-corrected chi connectivity index (χ2v) is 6.84. The molecule has 1 saturated carbocycles. The lowest BCUT2D eigenvalue weighted by molar-refractivity contribution is 0.260. The Kier molecular flexibility index (Phi) is 2.74. The van der Waals surface area contributed by atoms with Crippen molar-refractivity contribution in [3.8, 4) is 0 Å². The third kappa shape index (κ3) is 1.85. The molecule has 2 fully saturated rings. The summed E-state index contributed by atoms with van der Waals surface area (Å²) in [5.74, 6) is 2.62. The SMILES string of the molecule is NC1CCCC2CN(c3nccc4sccc34)CC12. The zero-order chi connectivity index (χ0) is 12.8. The van der Waals surface area contributed by atoms with E-state index in [4.69, 9.17) is 5.73 Å². The molecule has 1 aliphatic carbocycles. The Bertz CT molecular complexity index is 594. The summed E-state index contributed by atoms with van der Waals surface area (Å²) in [5.41, 5.74) is 6.31. The van der Waals surface area contributed by atoms with E-state index in [1.54, 1.807) is 11.3 Å². The van der Waals surface area contributed by atoms with Crippen LogP contribution >= 0.6 is 11.3 Å². The van der Waals surface area contributed by atoms with Gasteiger partial charge in [0, 0.05) is 35.4 Å². The van der Waals surface area contributed by atoms with E-state index in [0.29, 0.717) is 12.0 Å². The van der Waals surface area contributed by atoms with Crippen LogP contribution in [0.3, 0.4) is 0 Å². The molecular weight excluding hydrogens is 254 g/mol. The van der Waals surface area contributed by atoms with E-state index in [2.05, 4.69) is 27.4 Å². The number of rotatable bonds is 1. The molecule has 0 spiro atoms. The fourth-order valence-corrected chi connectivity index (χ4v) is 4.60. The first-order valence-corrected chi connectivity index (χ1v) is 8.03. The van der Waals surface area contributed by atoms with Gasteiger partial charge < -0.3 is 10.6 Å². The Morgan fingerprint density at radius 2 is 2.21 bits per heavy atom.